The third-order valence-corrected chi connectivity index (χ3v) is 7.10. The van der Waals surface area contributed by atoms with Crippen LogP contribution in [0.3, 0.4) is 0 Å². The van der Waals surface area contributed by atoms with Gasteiger partial charge in [0.2, 0.25) is 0 Å². The van der Waals surface area contributed by atoms with E-state index in [-0.39, 0.29) is 5.54 Å². The normalized spacial score (nSPS) is 11.6. The molecule has 0 aliphatic rings. The Morgan fingerprint density at radius 2 is 1.24 bits per heavy atom. The first-order valence-corrected chi connectivity index (χ1v) is 12.1. The number of aromatic amines is 1. The molecule has 0 saturated heterocycles. The number of fused-ring (bicyclic) bond motifs is 2. The van der Waals surface area contributed by atoms with E-state index < -0.39 is 0 Å². The number of methoxy groups -OCH3 is 4. The maximum absolute atomic E-state index is 6.08. The maximum Gasteiger partial charge on any atom is 0.173 e. The highest BCUT2D eigenvalue weighted by Gasteiger charge is 2.32. The van der Waals surface area contributed by atoms with Crippen molar-refractivity contribution in [3.05, 3.63) is 73.6 Å². The minimum Gasteiger partial charge on any atom is -0.492 e. The zero-order chi connectivity index (χ0) is 26.3. The number of H-pyrrole nitrogens is 1. The highest BCUT2D eigenvalue weighted by atomic mass is 16.5. The second-order valence-electron chi connectivity index (χ2n) is 9.42. The van der Waals surface area contributed by atoms with Gasteiger partial charge in [-0.25, -0.2) is 0 Å². The summed E-state index contributed by atoms with van der Waals surface area (Å²) in [7, 11) is 6.60. The summed E-state index contributed by atoms with van der Waals surface area (Å²) in [5.41, 5.74) is 5.16. The number of nitrogens with zero attached hydrogens (tertiary/aromatic N) is 1. The first kappa shape index (κ1) is 24.4. The molecule has 2 aromatic heterocycles. The van der Waals surface area contributed by atoms with Crippen molar-refractivity contribution in [3.63, 3.8) is 0 Å². The van der Waals surface area contributed by atoms with Crippen LogP contribution in [-0.4, -0.2) is 38.0 Å². The van der Waals surface area contributed by atoms with E-state index in [0.717, 1.165) is 44.1 Å². The number of ether oxygens (including phenoxy) is 4. The molecule has 1 N–H and O–H groups in total. The molecule has 0 fully saturated rings. The summed E-state index contributed by atoms with van der Waals surface area (Å²) in [5, 5.41) is 2.10. The maximum atomic E-state index is 6.08. The zero-order valence-corrected chi connectivity index (χ0v) is 22.1. The Labute approximate surface area is 217 Å². The third-order valence-electron chi connectivity index (χ3n) is 7.10. The fourth-order valence-electron chi connectivity index (χ4n) is 5.16. The molecule has 3 aromatic carbocycles. The molecule has 0 atom stereocenters. The highest BCUT2D eigenvalue weighted by molar-refractivity contribution is 6.06. The zero-order valence-electron chi connectivity index (χ0n) is 22.1. The Kier molecular flexibility index (Phi) is 6.12. The molecule has 0 bridgehead atoms. The van der Waals surface area contributed by atoms with Crippen molar-refractivity contribution in [1.82, 2.24) is 9.55 Å². The van der Waals surface area contributed by atoms with Crippen LogP contribution in [0, 0.1) is 0 Å². The number of hydrogen-bond acceptors (Lipinski definition) is 4. The molecule has 0 aliphatic carbocycles. The first-order chi connectivity index (χ1) is 17.9. The second-order valence-corrected chi connectivity index (χ2v) is 9.42. The average Bonchev–Trinajstić information content (AvgIpc) is 3.53. The van der Waals surface area contributed by atoms with E-state index in [4.69, 9.17) is 18.9 Å². The van der Waals surface area contributed by atoms with E-state index in [1.807, 2.05) is 42.6 Å². The Balaban J connectivity index is 1.93. The van der Waals surface area contributed by atoms with E-state index in [2.05, 4.69) is 54.4 Å². The largest absolute Gasteiger partial charge is 0.492 e. The summed E-state index contributed by atoms with van der Waals surface area (Å²) >= 11 is 0. The van der Waals surface area contributed by atoms with Crippen LogP contribution in [-0.2, 0) is 5.54 Å². The van der Waals surface area contributed by atoms with Gasteiger partial charge in [-0.05, 0) is 26.0 Å². The lowest BCUT2D eigenvalue weighted by Crippen LogP contribution is -2.21. The Hall–Kier alpha value is -4.32. The molecule has 5 rings (SSSR count). The van der Waals surface area contributed by atoms with Crippen molar-refractivity contribution in [2.45, 2.75) is 19.4 Å². The monoisotopic (exact) mass is 496 g/mol. The van der Waals surface area contributed by atoms with E-state index in [9.17, 15) is 0 Å². The second kappa shape index (κ2) is 9.28. The molecule has 0 saturated carbocycles. The molecule has 5 aromatic rings. The molecule has 0 unspecified atom stereocenters. The summed E-state index contributed by atoms with van der Waals surface area (Å²) in [5.74, 6) is 2.28. The molecule has 190 valence electrons. The SMILES string of the molecule is C=CC(C)(C)n1cc(-c2c(OC)c(OC)c(-c3c[nH]c4ccccc34)c(OC)c2OC)c2ccccc21. The first-order valence-electron chi connectivity index (χ1n) is 12.1. The number of aromatic nitrogens is 2. The van der Waals surface area contributed by atoms with Crippen LogP contribution in [0.4, 0.5) is 0 Å². The minimum absolute atomic E-state index is 0.323. The van der Waals surface area contributed by atoms with Gasteiger partial charge in [0, 0.05) is 45.3 Å². The van der Waals surface area contributed by atoms with Gasteiger partial charge in [0.15, 0.2) is 23.0 Å². The lowest BCUT2D eigenvalue weighted by Gasteiger charge is -2.24. The van der Waals surface area contributed by atoms with Gasteiger partial charge >= 0.3 is 0 Å². The van der Waals surface area contributed by atoms with Crippen LogP contribution in [0.1, 0.15) is 13.8 Å². The van der Waals surface area contributed by atoms with Gasteiger partial charge in [-0.2, -0.15) is 0 Å². The number of allylic oxidation sites excluding steroid dienone is 1. The van der Waals surface area contributed by atoms with Crippen LogP contribution in [0.5, 0.6) is 23.0 Å². The third kappa shape index (κ3) is 3.63. The standard InChI is InChI=1S/C31H32N2O4/c1-8-31(2,3)33-18-22(20-14-10-12-16-24(20)33)26-29(36-6)27(34-4)25(28(35-5)30(26)37-7)21-17-32-23-15-11-9-13-19(21)23/h8-18,32H,1H2,2-7H3. The number of nitrogens with one attached hydrogen (secondary N) is 1. The predicted octanol–water partition coefficient (Wildman–Crippen LogP) is 7.41. The van der Waals surface area contributed by atoms with Crippen LogP contribution in [0.15, 0.2) is 73.6 Å². The summed E-state index contributed by atoms with van der Waals surface area (Å²) in [6.07, 6.45) is 6.03. The average molecular weight is 497 g/mol. The van der Waals surface area contributed by atoms with Crippen molar-refractivity contribution in [3.8, 4) is 45.3 Å². The molecule has 6 heteroatoms. The Morgan fingerprint density at radius 1 is 0.730 bits per heavy atom. The molecular weight excluding hydrogens is 464 g/mol. The molecule has 6 nitrogen and oxygen atoms in total. The van der Waals surface area contributed by atoms with Gasteiger partial charge in [0.25, 0.3) is 0 Å². The summed E-state index contributed by atoms with van der Waals surface area (Å²) in [4.78, 5) is 3.36. The molecule has 37 heavy (non-hydrogen) atoms. The van der Waals surface area contributed by atoms with Gasteiger partial charge in [-0.15, -0.1) is 6.58 Å². The molecule has 0 spiro atoms. The van der Waals surface area contributed by atoms with Gasteiger partial charge < -0.3 is 28.5 Å². The minimum atomic E-state index is -0.323. The van der Waals surface area contributed by atoms with Crippen molar-refractivity contribution < 1.29 is 18.9 Å². The molecule has 0 aliphatic heterocycles. The van der Waals surface area contributed by atoms with E-state index in [1.54, 1.807) is 28.4 Å². The molecular formula is C31H32N2O4. The van der Waals surface area contributed by atoms with Crippen LogP contribution in [0.2, 0.25) is 0 Å². The van der Waals surface area contributed by atoms with E-state index >= 15 is 0 Å². The van der Waals surface area contributed by atoms with Gasteiger partial charge in [0.1, 0.15) is 0 Å². The smallest absolute Gasteiger partial charge is 0.173 e. The Morgan fingerprint density at radius 3 is 1.81 bits per heavy atom. The van der Waals surface area contributed by atoms with Crippen molar-refractivity contribution in [2.75, 3.05) is 28.4 Å². The van der Waals surface area contributed by atoms with Gasteiger partial charge in [-0.3, -0.25) is 0 Å². The van der Waals surface area contributed by atoms with Gasteiger partial charge in [-0.1, -0.05) is 42.5 Å². The lowest BCUT2D eigenvalue weighted by atomic mass is 9.94. The van der Waals surface area contributed by atoms with E-state index in [0.29, 0.717) is 23.0 Å². The topological polar surface area (TPSA) is 57.6 Å². The number of rotatable bonds is 8. The van der Waals surface area contributed by atoms with Gasteiger partial charge in [0.05, 0.1) is 45.1 Å². The number of para-hydroxylation sites is 2. The summed E-state index contributed by atoms with van der Waals surface area (Å²) in [6.45, 7) is 8.33. The fourth-order valence-corrected chi connectivity index (χ4v) is 5.16. The quantitative estimate of drug-likeness (QED) is 0.227. The van der Waals surface area contributed by atoms with Crippen LogP contribution < -0.4 is 18.9 Å². The van der Waals surface area contributed by atoms with Crippen molar-refractivity contribution >= 4 is 21.8 Å². The highest BCUT2D eigenvalue weighted by Crippen LogP contribution is 2.58. The summed E-state index contributed by atoms with van der Waals surface area (Å²) in [6, 6.07) is 16.4. The molecule has 2 heterocycles. The Bertz CT molecular complexity index is 1590. The molecule has 0 radical (unpaired) electrons. The number of benzene rings is 3. The number of hydrogen-bond donors (Lipinski definition) is 1. The lowest BCUT2D eigenvalue weighted by molar-refractivity contribution is 0.333. The van der Waals surface area contributed by atoms with Crippen LogP contribution >= 0.6 is 0 Å². The van der Waals surface area contributed by atoms with Crippen LogP contribution in [0.25, 0.3) is 44.1 Å². The predicted molar refractivity (Wildman–Crippen MR) is 150 cm³/mol. The summed E-state index contributed by atoms with van der Waals surface area (Å²) < 4.78 is 26.5. The van der Waals surface area contributed by atoms with Crippen molar-refractivity contribution in [2.24, 2.45) is 0 Å². The molecule has 0 amide bonds. The van der Waals surface area contributed by atoms with E-state index in [1.165, 1.54) is 0 Å². The fraction of sp³-hybridized carbons (Fsp3) is 0.226. The van der Waals surface area contributed by atoms with Crippen molar-refractivity contribution in [1.29, 1.82) is 0 Å².